The first-order valence-corrected chi connectivity index (χ1v) is 9.61. The van der Waals surface area contributed by atoms with E-state index in [1.165, 1.54) is 0 Å². The number of aromatic nitrogens is 1. The Bertz CT molecular complexity index is 658. The second kappa shape index (κ2) is 12.9. The van der Waals surface area contributed by atoms with Crippen LogP contribution in [0.2, 0.25) is 0 Å². The van der Waals surface area contributed by atoms with Gasteiger partial charge in [0.2, 0.25) is 0 Å². The molecule has 8 heteroatoms. The molecular formula is C21H33AgN5O2-2. The fourth-order valence-electron chi connectivity index (χ4n) is 3.31. The van der Waals surface area contributed by atoms with Crippen LogP contribution in [0.1, 0.15) is 31.2 Å². The summed E-state index contributed by atoms with van der Waals surface area (Å²) in [6, 6.07) is 6.19. The molecule has 0 bridgehead atoms. The molecule has 0 spiro atoms. The van der Waals surface area contributed by atoms with E-state index in [9.17, 15) is 0 Å². The van der Waals surface area contributed by atoms with Gasteiger partial charge in [-0.2, -0.15) is 6.67 Å². The van der Waals surface area contributed by atoms with E-state index in [0.29, 0.717) is 0 Å². The molecule has 3 heterocycles. The third-order valence-corrected chi connectivity index (χ3v) is 4.86. The Labute approximate surface area is 190 Å². The van der Waals surface area contributed by atoms with Crippen molar-refractivity contribution < 1.29 is 32.6 Å². The summed E-state index contributed by atoms with van der Waals surface area (Å²) in [6.07, 6.45) is 10.1. The number of pyridine rings is 1. The fraction of sp³-hybridized carbons (Fsp3) is 0.476. The molecule has 0 saturated carbocycles. The minimum absolute atomic E-state index is 0. The molecule has 0 aliphatic carbocycles. The number of rotatable bonds is 10. The molecule has 0 amide bonds. The van der Waals surface area contributed by atoms with Crippen molar-refractivity contribution in [3.63, 3.8) is 0 Å². The van der Waals surface area contributed by atoms with Crippen molar-refractivity contribution in [1.29, 1.82) is 0 Å². The van der Waals surface area contributed by atoms with Crippen molar-refractivity contribution in [3.05, 3.63) is 68.5 Å². The third-order valence-electron chi connectivity index (χ3n) is 4.86. The first-order valence-electron chi connectivity index (χ1n) is 9.61. The zero-order valence-corrected chi connectivity index (χ0v) is 18.8. The molecule has 2 aliphatic rings. The molecule has 2 aliphatic heterocycles. The standard InChI is InChI=1S/C20H30N5O2.CH3.Ag/c1-18-24(8-4-14-27)11-12-25(18)16-20-6-2-5-19(21-20)15-23-10-9-22(17-23)7-3-13-26;;/h2,5-6,9-12,17-18,26-27H,3-4,7-8,13-16H2,1H3;1H3;/q2*-1;. The molecule has 7 nitrogen and oxygen atoms in total. The molecule has 0 saturated heterocycles. The van der Waals surface area contributed by atoms with Crippen LogP contribution in [0.4, 0.5) is 0 Å². The van der Waals surface area contributed by atoms with E-state index in [1.54, 1.807) is 0 Å². The van der Waals surface area contributed by atoms with Gasteiger partial charge in [0.1, 0.15) is 0 Å². The largest absolute Gasteiger partial charge is 0.508 e. The molecule has 0 fully saturated rings. The van der Waals surface area contributed by atoms with Gasteiger partial charge in [0, 0.05) is 61.1 Å². The molecule has 1 radical (unpaired) electrons. The van der Waals surface area contributed by atoms with Gasteiger partial charge in [0.05, 0.1) is 24.1 Å². The number of nitrogens with zero attached hydrogens (tertiary/aromatic N) is 5. The number of hydrogen-bond acceptors (Lipinski definition) is 7. The summed E-state index contributed by atoms with van der Waals surface area (Å²) < 4.78 is 0. The maximum absolute atomic E-state index is 9.02. The zero-order chi connectivity index (χ0) is 19.1. The van der Waals surface area contributed by atoms with E-state index >= 15 is 0 Å². The molecule has 29 heavy (non-hydrogen) atoms. The van der Waals surface area contributed by atoms with Crippen molar-refractivity contribution in [1.82, 2.24) is 24.6 Å². The third kappa shape index (κ3) is 7.35. The van der Waals surface area contributed by atoms with Crippen LogP contribution in [0.25, 0.3) is 0 Å². The molecule has 167 valence electrons. The number of aliphatic hydroxyl groups is 2. The predicted octanol–water partition coefficient (Wildman–Crippen LogP) is 1.94. The first kappa shape index (κ1) is 25.5. The summed E-state index contributed by atoms with van der Waals surface area (Å²) in [5.74, 6) is 0. The smallest absolute Gasteiger partial charge is 0.0981 e. The second-order valence-corrected chi connectivity index (χ2v) is 6.94. The summed E-state index contributed by atoms with van der Waals surface area (Å²) in [4.78, 5) is 13.5. The van der Waals surface area contributed by atoms with E-state index in [1.807, 2.05) is 19.1 Å². The van der Waals surface area contributed by atoms with Crippen molar-refractivity contribution in [3.8, 4) is 0 Å². The van der Waals surface area contributed by atoms with E-state index in [-0.39, 0.29) is 49.2 Å². The quantitative estimate of drug-likeness (QED) is 0.380. The van der Waals surface area contributed by atoms with Gasteiger partial charge >= 0.3 is 0 Å². The average Bonchev–Trinajstić information content (AvgIpc) is 3.26. The summed E-state index contributed by atoms with van der Waals surface area (Å²) >= 11 is 0. The van der Waals surface area contributed by atoms with Crippen LogP contribution >= 0.6 is 0 Å². The van der Waals surface area contributed by atoms with Gasteiger partial charge < -0.3 is 37.2 Å². The van der Waals surface area contributed by atoms with Gasteiger partial charge in [0.25, 0.3) is 0 Å². The maximum Gasteiger partial charge on any atom is 0.0981 e. The Hall–Kier alpha value is -1.51. The zero-order valence-electron chi connectivity index (χ0n) is 17.3. The molecule has 1 aromatic rings. The summed E-state index contributed by atoms with van der Waals surface area (Å²) in [7, 11) is 0. The van der Waals surface area contributed by atoms with Crippen LogP contribution in [0.5, 0.6) is 0 Å². The van der Waals surface area contributed by atoms with Crippen molar-refractivity contribution in [2.75, 3.05) is 26.3 Å². The minimum atomic E-state index is 0. The van der Waals surface area contributed by atoms with Crippen LogP contribution in [0, 0.1) is 14.1 Å². The molecule has 0 aromatic carbocycles. The monoisotopic (exact) mass is 494 g/mol. The summed E-state index contributed by atoms with van der Waals surface area (Å²) in [5.41, 5.74) is 2.08. The Morgan fingerprint density at radius 3 is 2.24 bits per heavy atom. The van der Waals surface area contributed by atoms with E-state index in [4.69, 9.17) is 15.2 Å². The van der Waals surface area contributed by atoms with Crippen LogP contribution in [-0.2, 0) is 35.5 Å². The van der Waals surface area contributed by atoms with Crippen LogP contribution in [-0.4, -0.2) is 67.3 Å². The van der Waals surface area contributed by atoms with Gasteiger partial charge in [-0.05, 0) is 50.8 Å². The summed E-state index contributed by atoms with van der Waals surface area (Å²) in [6.45, 7) is 7.84. The Morgan fingerprint density at radius 2 is 1.52 bits per heavy atom. The van der Waals surface area contributed by atoms with Crippen molar-refractivity contribution in [2.24, 2.45) is 0 Å². The van der Waals surface area contributed by atoms with Crippen LogP contribution < -0.4 is 0 Å². The normalized spacial score (nSPS) is 17.7. The van der Waals surface area contributed by atoms with Crippen molar-refractivity contribution >= 4 is 0 Å². The first-order chi connectivity index (χ1) is 13.2. The topological polar surface area (TPSA) is 66.3 Å². The van der Waals surface area contributed by atoms with Gasteiger partial charge in [0.15, 0.2) is 0 Å². The number of hydrogen-bond donors (Lipinski definition) is 2. The van der Waals surface area contributed by atoms with E-state index in [0.717, 1.165) is 50.4 Å². The minimum Gasteiger partial charge on any atom is -0.508 e. The predicted molar refractivity (Wildman–Crippen MR) is 111 cm³/mol. The van der Waals surface area contributed by atoms with Gasteiger partial charge in [-0.3, -0.25) is 4.98 Å². The molecule has 1 aromatic heterocycles. The van der Waals surface area contributed by atoms with E-state index < -0.39 is 0 Å². The SMILES string of the molecule is CC1N(CCCO)C=CN1Cc1cccc(CN2C=CN(CCCO)[CH-]2)n1.[Ag].[CH3-]. The van der Waals surface area contributed by atoms with Crippen molar-refractivity contribution in [2.45, 2.75) is 39.0 Å². The molecule has 3 rings (SSSR count). The molecule has 2 N–H and O–H groups in total. The Balaban J connectivity index is 0.00000210. The van der Waals surface area contributed by atoms with Crippen LogP contribution in [0.15, 0.2) is 43.0 Å². The molecule has 1 unspecified atom stereocenters. The van der Waals surface area contributed by atoms with E-state index in [2.05, 4.69) is 57.1 Å². The average molecular weight is 495 g/mol. The maximum atomic E-state index is 9.02. The van der Waals surface area contributed by atoms with Gasteiger partial charge in [-0.25, -0.2) is 0 Å². The Kier molecular flexibility index (Phi) is 11.4. The van der Waals surface area contributed by atoms with Gasteiger partial charge in [-0.15, -0.1) is 0 Å². The summed E-state index contributed by atoms with van der Waals surface area (Å²) in [5, 5.41) is 18.0. The Morgan fingerprint density at radius 1 is 0.897 bits per heavy atom. The van der Waals surface area contributed by atoms with Gasteiger partial charge in [-0.1, -0.05) is 6.07 Å². The van der Waals surface area contributed by atoms with Crippen LogP contribution in [0.3, 0.4) is 0 Å². The second-order valence-electron chi connectivity index (χ2n) is 6.94. The molecular weight excluding hydrogens is 462 g/mol. The fourth-order valence-corrected chi connectivity index (χ4v) is 3.31. The number of aliphatic hydroxyl groups excluding tert-OH is 2. The molecule has 1 atom stereocenters.